The number of thiazole rings is 2. The third kappa shape index (κ3) is 3.22. The molecule has 26 heavy (non-hydrogen) atoms. The van der Waals surface area contributed by atoms with Crippen molar-refractivity contribution in [2.45, 2.75) is 23.2 Å². The van der Waals surface area contributed by atoms with Gasteiger partial charge in [0.1, 0.15) is 6.04 Å². The van der Waals surface area contributed by atoms with Crippen LogP contribution < -0.4 is 5.32 Å². The Hall–Kier alpha value is -1.27. The molecule has 4 rings (SSSR count). The van der Waals surface area contributed by atoms with E-state index in [-0.39, 0.29) is 5.91 Å². The molecule has 1 amide bonds. The molecule has 1 aliphatic heterocycles. The van der Waals surface area contributed by atoms with Crippen LogP contribution >= 0.6 is 34.4 Å². The molecule has 0 saturated carbocycles. The maximum Gasteiger partial charge on any atom is 0.244 e. The fraction of sp³-hybridized carbons (Fsp3) is 0.400. The molecule has 3 heterocycles. The lowest BCUT2D eigenvalue weighted by Crippen LogP contribution is -2.42. The van der Waals surface area contributed by atoms with E-state index in [0.717, 1.165) is 31.0 Å². The molecule has 1 unspecified atom stereocenters. The number of hydrogen-bond acceptors (Lipinski definition) is 8. The maximum atomic E-state index is 12.6. The van der Waals surface area contributed by atoms with Crippen LogP contribution in [0.15, 0.2) is 16.5 Å². The molecule has 7 nitrogen and oxygen atoms in total. The monoisotopic (exact) mass is 428 g/mol. The van der Waals surface area contributed by atoms with Crippen LogP contribution in [0.4, 0.5) is 5.13 Å². The average molecular weight is 429 g/mol. The molecule has 1 aliphatic rings. The second-order valence-corrected chi connectivity index (χ2v) is 11.0. The summed E-state index contributed by atoms with van der Waals surface area (Å²) in [6, 6.07) is 3.16. The highest BCUT2D eigenvalue weighted by atomic mass is 32.2. The summed E-state index contributed by atoms with van der Waals surface area (Å²) in [5.41, 5.74) is 1.73. The third-order valence-electron chi connectivity index (χ3n) is 4.23. The zero-order chi connectivity index (χ0) is 18.5. The van der Waals surface area contributed by atoms with E-state index in [0.29, 0.717) is 24.5 Å². The van der Waals surface area contributed by atoms with E-state index in [9.17, 15) is 13.2 Å². The lowest BCUT2D eigenvalue weighted by atomic mass is 10.2. The summed E-state index contributed by atoms with van der Waals surface area (Å²) < 4.78 is 28.0. The van der Waals surface area contributed by atoms with Gasteiger partial charge in [-0.05, 0) is 31.2 Å². The zero-order valence-electron chi connectivity index (χ0n) is 14.1. The quantitative estimate of drug-likeness (QED) is 0.642. The second kappa shape index (κ2) is 6.71. The molecule has 1 N–H and O–H groups in total. The summed E-state index contributed by atoms with van der Waals surface area (Å²) in [6.07, 6.45) is 4.34. The zero-order valence-corrected chi connectivity index (χ0v) is 17.3. The summed E-state index contributed by atoms with van der Waals surface area (Å²) in [4.78, 5) is 21.6. The Balaban J connectivity index is 1.64. The van der Waals surface area contributed by atoms with Gasteiger partial charge in [-0.2, -0.15) is 4.31 Å². The fourth-order valence-electron chi connectivity index (χ4n) is 3.08. The normalized spacial score (nSPS) is 18.8. The second-order valence-electron chi connectivity index (χ2n) is 5.99. The predicted octanol–water partition coefficient (Wildman–Crippen LogP) is 2.99. The molecule has 0 spiro atoms. The number of rotatable bonds is 4. The van der Waals surface area contributed by atoms with Gasteiger partial charge in [0, 0.05) is 6.54 Å². The predicted molar refractivity (Wildman–Crippen MR) is 108 cm³/mol. The number of fused-ring (bicyclic) bond motifs is 3. The van der Waals surface area contributed by atoms with Crippen LogP contribution in [-0.2, 0) is 14.8 Å². The van der Waals surface area contributed by atoms with E-state index in [2.05, 4.69) is 15.3 Å². The van der Waals surface area contributed by atoms with Gasteiger partial charge in [0.25, 0.3) is 0 Å². The van der Waals surface area contributed by atoms with Gasteiger partial charge in [-0.25, -0.2) is 18.4 Å². The van der Waals surface area contributed by atoms with E-state index in [1.165, 1.54) is 15.6 Å². The first-order valence-corrected chi connectivity index (χ1v) is 12.6. The van der Waals surface area contributed by atoms with Gasteiger partial charge < -0.3 is 5.32 Å². The summed E-state index contributed by atoms with van der Waals surface area (Å²) in [6.45, 7) is 0.385. The summed E-state index contributed by atoms with van der Waals surface area (Å²) in [7, 11) is -3.40. The number of sulfonamides is 1. The minimum atomic E-state index is -3.40. The van der Waals surface area contributed by atoms with Crippen LogP contribution in [0, 0.1) is 0 Å². The smallest absolute Gasteiger partial charge is 0.244 e. The van der Waals surface area contributed by atoms with Crippen LogP contribution in [0.2, 0.25) is 0 Å². The number of nitrogens with zero attached hydrogens (tertiary/aromatic N) is 3. The summed E-state index contributed by atoms with van der Waals surface area (Å²) in [5.74, 6) is -0.322. The van der Waals surface area contributed by atoms with Crippen molar-refractivity contribution in [3.05, 3.63) is 12.1 Å². The number of thioether (sulfide) groups is 1. The summed E-state index contributed by atoms with van der Waals surface area (Å²) in [5, 5.41) is 3.29. The van der Waals surface area contributed by atoms with E-state index in [1.54, 1.807) is 23.1 Å². The Morgan fingerprint density at radius 1 is 1.27 bits per heavy atom. The van der Waals surface area contributed by atoms with Gasteiger partial charge in [0.2, 0.25) is 15.9 Å². The summed E-state index contributed by atoms with van der Waals surface area (Å²) >= 11 is 4.61. The van der Waals surface area contributed by atoms with E-state index >= 15 is 0 Å². The van der Waals surface area contributed by atoms with Crippen molar-refractivity contribution in [1.82, 2.24) is 14.3 Å². The highest BCUT2D eigenvalue weighted by Gasteiger charge is 2.36. The van der Waals surface area contributed by atoms with Crippen molar-refractivity contribution >= 4 is 75.9 Å². The molecule has 1 fully saturated rings. The SMILES string of the molecule is CSc1nc2ccc3nc(NC(=O)C4CCCN4S(C)(=O)=O)sc3c2s1. The number of anilines is 1. The molecule has 138 valence electrons. The number of carbonyl (C=O) groups excluding carboxylic acids is 1. The molecule has 0 radical (unpaired) electrons. The first-order valence-electron chi connectivity index (χ1n) is 7.88. The van der Waals surface area contributed by atoms with Gasteiger partial charge in [0.15, 0.2) is 9.47 Å². The van der Waals surface area contributed by atoms with Gasteiger partial charge in [0.05, 0.1) is 26.7 Å². The average Bonchev–Trinajstić information content (AvgIpc) is 3.29. The molecular weight excluding hydrogens is 412 g/mol. The van der Waals surface area contributed by atoms with Crippen molar-refractivity contribution in [2.24, 2.45) is 0 Å². The molecule has 0 aliphatic carbocycles. The number of aromatic nitrogens is 2. The molecule has 11 heteroatoms. The largest absolute Gasteiger partial charge is 0.301 e. The molecule has 3 aromatic rings. The van der Waals surface area contributed by atoms with Crippen LogP contribution in [0.1, 0.15) is 12.8 Å². The van der Waals surface area contributed by atoms with Crippen molar-refractivity contribution in [3.8, 4) is 0 Å². The fourth-order valence-corrected chi connectivity index (χ4v) is 6.87. The minimum absolute atomic E-state index is 0.322. The van der Waals surface area contributed by atoms with Crippen molar-refractivity contribution < 1.29 is 13.2 Å². The molecule has 1 atom stereocenters. The maximum absolute atomic E-state index is 12.6. The Morgan fingerprint density at radius 2 is 1.96 bits per heavy atom. The highest BCUT2D eigenvalue weighted by molar-refractivity contribution is 8.00. The molecule has 2 aromatic heterocycles. The van der Waals surface area contributed by atoms with Crippen molar-refractivity contribution in [1.29, 1.82) is 0 Å². The van der Waals surface area contributed by atoms with E-state index in [4.69, 9.17) is 0 Å². The van der Waals surface area contributed by atoms with Crippen LogP contribution in [0.3, 0.4) is 0 Å². The Labute approximate surface area is 162 Å². The topological polar surface area (TPSA) is 92.3 Å². The van der Waals surface area contributed by atoms with Gasteiger partial charge in [-0.3, -0.25) is 4.79 Å². The first kappa shape index (κ1) is 18.1. The molecule has 1 aromatic carbocycles. The van der Waals surface area contributed by atoms with Gasteiger partial charge in [-0.15, -0.1) is 11.3 Å². The number of amides is 1. The minimum Gasteiger partial charge on any atom is -0.301 e. The first-order chi connectivity index (χ1) is 12.4. The molecule has 1 saturated heterocycles. The third-order valence-corrected chi connectivity index (χ3v) is 8.73. The number of carbonyl (C=O) groups is 1. The number of hydrogen-bond donors (Lipinski definition) is 1. The number of nitrogens with one attached hydrogen (secondary N) is 1. The highest BCUT2D eigenvalue weighted by Crippen LogP contribution is 2.38. The standard InChI is InChI=1S/C15H16N4O3S4/c1-23-15-17-9-6-5-8-11(12(9)25-15)24-14(16-8)18-13(20)10-4-3-7-19(10)26(2,21)22/h5-6,10H,3-4,7H2,1-2H3,(H,16,18,20). The number of benzene rings is 1. The van der Waals surface area contributed by atoms with Crippen LogP contribution in [-0.4, -0.2) is 53.7 Å². The molecule has 0 bridgehead atoms. The van der Waals surface area contributed by atoms with E-state index in [1.807, 2.05) is 18.4 Å². The Kier molecular flexibility index (Phi) is 4.68. The van der Waals surface area contributed by atoms with Crippen molar-refractivity contribution in [3.63, 3.8) is 0 Å². The Morgan fingerprint density at radius 3 is 2.65 bits per heavy atom. The van der Waals surface area contributed by atoms with Crippen LogP contribution in [0.25, 0.3) is 20.4 Å². The van der Waals surface area contributed by atoms with E-state index < -0.39 is 16.1 Å². The lowest BCUT2D eigenvalue weighted by molar-refractivity contribution is -0.119. The van der Waals surface area contributed by atoms with Gasteiger partial charge in [-0.1, -0.05) is 23.1 Å². The van der Waals surface area contributed by atoms with Crippen molar-refractivity contribution in [2.75, 3.05) is 24.4 Å². The van der Waals surface area contributed by atoms with Gasteiger partial charge >= 0.3 is 0 Å². The molecular formula is C15H16N4O3S4. The lowest BCUT2D eigenvalue weighted by Gasteiger charge is -2.20. The van der Waals surface area contributed by atoms with Crippen LogP contribution in [0.5, 0.6) is 0 Å². The Bertz CT molecular complexity index is 1100.